The normalized spacial score (nSPS) is 32.1. The van der Waals surface area contributed by atoms with E-state index in [0.717, 1.165) is 19.1 Å². The summed E-state index contributed by atoms with van der Waals surface area (Å²) in [5.41, 5.74) is 0. The molecule has 0 aliphatic carbocycles. The summed E-state index contributed by atoms with van der Waals surface area (Å²) in [6.45, 7) is 7.08. The van der Waals surface area contributed by atoms with Gasteiger partial charge in [0.25, 0.3) is 0 Å². The van der Waals surface area contributed by atoms with E-state index in [1.165, 1.54) is 6.54 Å². The highest BCUT2D eigenvalue weighted by Crippen LogP contribution is 2.14. The van der Waals surface area contributed by atoms with Crippen LogP contribution in [0.15, 0.2) is 12.7 Å². The van der Waals surface area contributed by atoms with Gasteiger partial charge in [-0.05, 0) is 7.05 Å². The SMILES string of the molecule is C=CCN1CC1CNC. The fourth-order valence-electron chi connectivity index (χ4n) is 1.04. The van der Waals surface area contributed by atoms with Gasteiger partial charge in [0, 0.05) is 25.7 Å². The van der Waals surface area contributed by atoms with Gasteiger partial charge in [-0.15, -0.1) is 6.58 Å². The standard InChI is InChI=1S/C7H14N2/c1-3-4-9-6-7(9)5-8-2/h3,7-8H,1,4-6H2,2H3. The second-order valence-electron chi connectivity index (χ2n) is 2.45. The first-order valence-electron chi connectivity index (χ1n) is 3.38. The summed E-state index contributed by atoms with van der Waals surface area (Å²) in [7, 11) is 1.99. The molecule has 0 aromatic rings. The first-order chi connectivity index (χ1) is 4.38. The number of likely N-dealkylation sites (N-methyl/N-ethyl adjacent to an activating group) is 1. The third-order valence-electron chi connectivity index (χ3n) is 1.63. The highest BCUT2D eigenvalue weighted by Gasteiger charge is 2.30. The lowest BCUT2D eigenvalue weighted by molar-refractivity contribution is 0.546. The molecular formula is C7H14N2. The third kappa shape index (κ3) is 1.80. The number of rotatable bonds is 4. The van der Waals surface area contributed by atoms with Crippen LogP contribution in [0.2, 0.25) is 0 Å². The first kappa shape index (κ1) is 6.78. The summed E-state index contributed by atoms with van der Waals surface area (Å²) in [5, 5.41) is 3.14. The van der Waals surface area contributed by atoms with Crippen LogP contribution in [0.25, 0.3) is 0 Å². The minimum absolute atomic E-state index is 0.785. The summed E-state index contributed by atoms with van der Waals surface area (Å²) in [4.78, 5) is 2.38. The van der Waals surface area contributed by atoms with Crippen LogP contribution < -0.4 is 5.32 Å². The maximum atomic E-state index is 3.67. The van der Waals surface area contributed by atoms with Gasteiger partial charge in [0.2, 0.25) is 0 Å². The van der Waals surface area contributed by atoms with Gasteiger partial charge in [-0.3, -0.25) is 4.90 Å². The van der Waals surface area contributed by atoms with Crippen molar-refractivity contribution in [2.45, 2.75) is 6.04 Å². The highest BCUT2D eigenvalue weighted by molar-refractivity contribution is 4.93. The predicted octanol–water partition coefficient (Wildman–Crippen LogP) is 0.0760. The van der Waals surface area contributed by atoms with Crippen LogP contribution >= 0.6 is 0 Å². The van der Waals surface area contributed by atoms with Gasteiger partial charge in [-0.1, -0.05) is 6.08 Å². The third-order valence-corrected chi connectivity index (χ3v) is 1.63. The van der Waals surface area contributed by atoms with Crippen molar-refractivity contribution in [2.24, 2.45) is 0 Å². The van der Waals surface area contributed by atoms with Gasteiger partial charge in [0.15, 0.2) is 0 Å². The molecule has 0 aromatic carbocycles. The van der Waals surface area contributed by atoms with Gasteiger partial charge in [0.1, 0.15) is 0 Å². The molecule has 0 aromatic heterocycles. The van der Waals surface area contributed by atoms with Crippen LogP contribution in [0, 0.1) is 0 Å². The Labute approximate surface area is 56.5 Å². The molecule has 0 amide bonds. The van der Waals surface area contributed by atoms with Crippen LogP contribution in [0.1, 0.15) is 0 Å². The smallest absolute Gasteiger partial charge is 0.0352 e. The van der Waals surface area contributed by atoms with Crippen molar-refractivity contribution < 1.29 is 0 Å². The lowest BCUT2D eigenvalue weighted by atomic mass is 10.5. The van der Waals surface area contributed by atoms with Crippen LogP contribution in [0.5, 0.6) is 0 Å². The van der Waals surface area contributed by atoms with E-state index in [9.17, 15) is 0 Å². The monoisotopic (exact) mass is 126 g/mol. The lowest BCUT2D eigenvalue weighted by Gasteiger charge is -1.96. The molecule has 52 valence electrons. The van der Waals surface area contributed by atoms with Crippen molar-refractivity contribution >= 4 is 0 Å². The number of nitrogens with one attached hydrogen (secondary N) is 1. The average molecular weight is 126 g/mol. The van der Waals surface area contributed by atoms with Crippen molar-refractivity contribution in [2.75, 3.05) is 26.7 Å². The van der Waals surface area contributed by atoms with Gasteiger partial charge in [-0.25, -0.2) is 0 Å². The Morgan fingerprint density at radius 1 is 1.89 bits per heavy atom. The van der Waals surface area contributed by atoms with Gasteiger partial charge < -0.3 is 5.32 Å². The van der Waals surface area contributed by atoms with E-state index in [1.807, 2.05) is 13.1 Å². The van der Waals surface area contributed by atoms with E-state index in [1.54, 1.807) is 0 Å². The Balaban J connectivity index is 2.02. The van der Waals surface area contributed by atoms with E-state index < -0.39 is 0 Å². The second kappa shape index (κ2) is 2.99. The Morgan fingerprint density at radius 3 is 3.22 bits per heavy atom. The number of nitrogens with zero attached hydrogens (tertiary/aromatic N) is 1. The van der Waals surface area contributed by atoms with Crippen LogP contribution in [0.4, 0.5) is 0 Å². The minimum atomic E-state index is 0.785. The van der Waals surface area contributed by atoms with E-state index in [-0.39, 0.29) is 0 Å². The summed E-state index contributed by atoms with van der Waals surface area (Å²) >= 11 is 0. The van der Waals surface area contributed by atoms with Crippen molar-refractivity contribution in [3.05, 3.63) is 12.7 Å². The maximum absolute atomic E-state index is 3.67. The molecule has 2 nitrogen and oxygen atoms in total. The van der Waals surface area contributed by atoms with E-state index in [4.69, 9.17) is 0 Å². The molecule has 1 N–H and O–H groups in total. The summed E-state index contributed by atoms with van der Waals surface area (Å²) in [6.07, 6.45) is 1.95. The Morgan fingerprint density at radius 2 is 2.67 bits per heavy atom. The zero-order valence-electron chi connectivity index (χ0n) is 5.93. The first-order valence-corrected chi connectivity index (χ1v) is 3.38. The molecule has 1 rings (SSSR count). The molecule has 0 saturated carbocycles. The molecule has 0 spiro atoms. The highest BCUT2D eigenvalue weighted by atomic mass is 15.3. The molecule has 1 heterocycles. The summed E-state index contributed by atoms with van der Waals surface area (Å²) < 4.78 is 0. The Bertz CT molecular complexity index is 101. The molecule has 0 bridgehead atoms. The molecule has 1 aliphatic heterocycles. The molecule has 2 atom stereocenters. The average Bonchev–Trinajstić information content (AvgIpc) is 2.50. The van der Waals surface area contributed by atoms with Crippen molar-refractivity contribution in [1.29, 1.82) is 0 Å². The molecular weight excluding hydrogens is 112 g/mol. The lowest BCUT2D eigenvalue weighted by Crippen LogP contribution is -2.17. The van der Waals surface area contributed by atoms with E-state index >= 15 is 0 Å². The largest absolute Gasteiger partial charge is 0.318 e. The van der Waals surface area contributed by atoms with Crippen molar-refractivity contribution in [1.82, 2.24) is 10.2 Å². The van der Waals surface area contributed by atoms with Crippen LogP contribution in [-0.4, -0.2) is 37.6 Å². The van der Waals surface area contributed by atoms with Crippen molar-refractivity contribution in [3.63, 3.8) is 0 Å². The fraction of sp³-hybridized carbons (Fsp3) is 0.714. The maximum Gasteiger partial charge on any atom is 0.0352 e. The second-order valence-corrected chi connectivity index (χ2v) is 2.45. The van der Waals surface area contributed by atoms with Crippen LogP contribution in [-0.2, 0) is 0 Å². The molecule has 2 heteroatoms. The van der Waals surface area contributed by atoms with E-state index in [0.29, 0.717) is 0 Å². The number of hydrogen-bond donors (Lipinski definition) is 1. The summed E-state index contributed by atoms with van der Waals surface area (Å²) in [6, 6.07) is 0.785. The quantitative estimate of drug-likeness (QED) is 0.424. The predicted molar refractivity (Wildman–Crippen MR) is 39.5 cm³/mol. The molecule has 0 radical (unpaired) electrons. The molecule has 9 heavy (non-hydrogen) atoms. The van der Waals surface area contributed by atoms with E-state index in [2.05, 4.69) is 16.8 Å². The minimum Gasteiger partial charge on any atom is -0.318 e. The molecule has 1 aliphatic rings. The zero-order valence-corrected chi connectivity index (χ0v) is 5.93. The topological polar surface area (TPSA) is 15.0 Å². The van der Waals surface area contributed by atoms with Gasteiger partial charge in [-0.2, -0.15) is 0 Å². The molecule has 1 fully saturated rings. The number of hydrogen-bond acceptors (Lipinski definition) is 2. The summed E-state index contributed by atoms with van der Waals surface area (Å²) in [5.74, 6) is 0. The van der Waals surface area contributed by atoms with Gasteiger partial charge in [0.05, 0.1) is 0 Å². The molecule has 2 unspecified atom stereocenters. The Kier molecular flexibility index (Phi) is 2.25. The molecule has 1 saturated heterocycles. The van der Waals surface area contributed by atoms with Crippen molar-refractivity contribution in [3.8, 4) is 0 Å². The fourth-order valence-corrected chi connectivity index (χ4v) is 1.04. The van der Waals surface area contributed by atoms with Crippen LogP contribution in [0.3, 0.4) is 0 Å². The zero-order chi connectivity index (χ0) is 6.69. The van der Waals surface area contributed by atoms with Gasteiger partial charge >= 0.3 is 0 Å². The Hall–Kier alpha value is -0.340.